The molecule has 6 rings (SSSR count). The number of benzene rings is 4. The Bertz CT molecular complexity index is 1610. The maximum absolute atomic E-state index is 11.4. The Morgan fingerprint density at radius 3 is 1.23 bits per heavy atom. The van der Waals surface area contributed by atoms with E-state index in [4.69, 9.17) is 0 Å². The van der Waals surface area contributed by atoms with Gasteiger partial charge >= 0.3 is 0 Å². The highest BCUT2D eigenvalue weighted by molar-refractivity contribution is 5.74. The Kier molecular flexibility index (Phi) is 6.39. The molecule has 0 fully saturated rings. The number of aliphatic hydroxyl groups excluding tert-OH is 2. The molecule has 0 radical (unpaired) electrons. The molecule has 0 unspecified atom stereocenters. The van der Waals surface area contributed by atoms with Gasteiger partial charge in [-0.15, -0.1) is 30.0 Å². The van der Waals surface area contributed by atoms with Gasteiger partial charge in [0.2, 0.25) is 0 Å². The van der Waals surface area contributed by atoms with Gasteiger partial charge in [0.05, 0.1) is 0 Å². The first-order valence-corrected chi connectivity index (χ1v) is 12.6. The number of aromatic hydroxyl groups is 2. The Labute approximate surface area is 223 Å². The maximum Gasteiger partial charge on any atom is 0.146 e. The van der Waals surface area contributed by atoms with E-state index in [9.17, 15) is 20.4 Å². The zero-order chi connectivity index (χ0) is 26.9. The van der Waals surface area contributed by atoms with Crippen LogP contribution in [0.15, 0.2) is 72.8 Å². The van der Waals surface area contributed by atoms with Crippen molar-refractivity contribution in [1.82, 2.24) is 30.0 Å². The largest absolute Gasteiger partial charge is 0.505 e. The minimum absolute atomic E-state index is 0.0338. The molecule has 0 saturated carbocycles. The fourth-order valence-corrected chi connectivity index (χ4v) is 4.75. The molecule has 0 aliphatic carbocycles. The number of hydrogen-bond donors (Lipinski definition) is 4. The molecule has 6 aromatic rings. The molecule has 0 amide bonds. The molecule has 0 aliphatic heterocycles. The van der Waals surface area contributed by atoms with Gasteiger partial charge in [0.1, 0.15) is 44.9 Å². The molecule has 0 spiro atoms. The van der Waals surface area contributed by atoms with Crippen LogP contribution in [0.2, 0.25) is 0 Å². The number of fused-ring (bicyclic) bond motifs is 2. The summed E-state index contributed by atoms with van der Waals surface area (Å²) in [6.45, 7) is -0.143. The smallest absolute Gasteiger partial charge is 0.146 e. The van der Waals surface area contributed by atoms with E-state index in [0.29, 0.717) is 57.4 Å². The van der Waals surface area contributed by atoms with Crippen LogP contribution in [-0.2, 0) is 19.3 Å². The second-order valence-corrected chi connectivity index (χ2v) is 9.33. The lowest BCUT2D eigenvalue weighted by Gasteiger charge is -2.15. The lowest BCUT2D eigenvalue weighted by Crippen LogP contribution is -2.06. The third kappa shape index (κ3) is 4.67. The molecular weight excluding hydrogens is 496 g/mol. The summed E-state index contributed by atoms with van der Waals surface area (Å²) in [6.07, 6.45) is 0.900. The average Bonchev–Trinajstić information content (AvgIpc) is 3.56. The quantitative estimate of drug-likeness (QED) is 0.239. The number of hydrogen-bond acceptors (Lipinski definition) is 8. The highest BCUT2D eigenvalue weighted by atomic mass is 16.3. The molecule has 10 heteroatoms. The van der Waals surface area contributed by atoms with Gasteiger partial charge in [0.25, 0.3) is 0 Å². The lowest BCUT2D eigenvalue weighted by atomic mass is 9.96. The summed E-state index contributed by atoms with van der Waals surface area (Å²) in [5.74, 6) is -0.0677. The van der Waals surface area contributed by atoms with Crippen LogP contribution < -0.4 is 0 Å². The second kappa shape index (κ2) is 10.2. The van der Waals surface area contributed by atoms with Gasteiger partial charge in [0, 0.05) is 30.8 Å². The molecule has 4 N–H and O–H groups in total. The predicted octanol–water partition coefficient (Wildman–Crippen LogP) is 3.23. The van der Waals surface area contributed by atoms with Gasteiger partial charge in [0.15, 0.2) is 0 Å². The topological polar surface area (TPSA) is 142 Å². The molecule has 0 aliphatic rings. The first-order valence-electron chi connectivity index (χ1n) is 12.6. The van der Waals surface area contributed by atoms with E-state index < -0.39 is 0 Å². The van der Waals surface area contributed by atoms with Crippen LogP contribution in [0.4, 0.5) is 0 Å². The van der Waals surface area contributed by atoms with E-state index in [1.807, 2.05) is 48.5 Å². The van der Waals surface area contributed by atoms with Crippen LogP contribution in [0, 0.1) is 0 Å². The molecule has 39 heavy (non-hydrogen) atoms. The molecule has 2 heterocycles. The van der Waals surface area contributed by atoms with Crippen molar-refractivity contribution in [2.24, 2.45) is 0 Å². The zero-order valence-electron chi connectivity index (χ0n) is 20.9. The van der Waals surface area contributed by atoms with Crippen molar-refractivity contribution in [2.75, 3.05) is 13.2 Å². The number of nitrogens with zero attached hydrogens (tertiary/aromatic N) is 6. The van der Waals surface area contributed by atoms with Gasteiger partial charge in [-0.2, -0.15) is 0 Å². The maximum atomic E-state index is 11.4. The molecule has 196 valence electrons. The SMILES string of the molecule is OCCc1cc(Cc2cc(CCO)cc(-n3nc4ccccc4n3)c2O)c(O)c(-n2nc3ccccc3n2)c1. The zero-order valence-corrected chi connectivity index (χ0v) is 20.9. The molecule has 0 atom stereocenters. The molecule has 10 nitrogen and oxygen atoms in total. The highest BCUT2D eigenvalue weighted by Crippen LogP contribution is 2.35. The van der Waals surface area contributed by atoms with Crippen molar-refractivity contribution < 1.29 is 20.4 Å². The molecular formula is C29H26N6O4. The van der Waals surface area contributed by atoms with Crippen molar-refractivity contribution in [2.45, 2.75) is 19.3 Å². The Balaban J connectivity index is 1.47. The first-order chi connectivity index (χ1) is 19.0. The highest BCUT2D eigenvalue weighted by Gasteiger charge is 2.19. The van der Waals surface area contributed by atoms with Gasteiger partial charge in [-0.1, -0.05) is 36.4 Å². The van der Waals surface area contributed by atoms with Crippen LogP contribution >= 0.6 is 0 Å². The molecule has 0 saturated heterocycles. The van der Waals surface area contributed by atoms with Gasteiger partial charge in [-0.3, -0.25) is 0 Å². The normalized spacial score (nSPS) is 11.5. The van der Waals surface area contributed by atoms with Crippen LogP contribution in [0.3, 0.4) is 0 Å². The number of rotatable bonds is 8. The fraction of sp³-hybridized carbons (Fsp3) is 0.172. The number of aromatic nitrogens is 6. The fourth-order valence-electron chi connectivity index (χ4n) is 4.75. The van der Waals surface area contributed by atoms with E-state index in [-0.39, 0.29) is 31.1 Å². The summed E-state index contributed by atoms with van der Waals surface area (Å²) in [6, 6.07) is 21.9. The second-order valence-electron chi connectivity index (χ2n) is 9.33. The third-order valence-corrected chi connectivity index (χ3v) is 6.64. The standard InChI is InChI=1S/C29H26N6O4/c36-11-9-18-13-20(28(38)26(15-18)34-30-22-5-1-2-6-23(22)31-34)17-21-14-19(10-12-37)16-27(29(21)39)35-32-24-7-3-4-8-25(24)33-35/h1-8,13-16,36-39H,9-12,17H2. The van der Waals surface area contributed by atoms with Crippen molar-refractivity contribution in [3.8, 4) is 22.9 Å². The molecule has 4 aromatic carbocycles. The van der Waals surface area contributed by atoms with Crippen molar-refractivity contribution in [1.29, 1.82) is 0 Å². The van der Waals surface area contributed by atoms with E-state index >= 15 is 0 Å². The number of aliphatic hydroxyl groups is 2. The Hall–Kier alpha value is -4.80. The summed E-state index contributed by atoms with van der Waals surface area (Å²) in [5.41, 5.74) is 6.11. The Morgan fingerprint density at radius 1 is 0.538 bits per heavy atom. The summed E-state index contributed by atoms with van der Waals surface area (Å²) in [4.78, 5) is 2.77. The predicted molar refractivity (Wildman–Crippen MR) is 145 cm³/mol. The number of phenols is 2. The van der Waals surface area contributed by atoms with E-state index in [1.54, 1.807) is 24.3 Å². The Morgan fingerprint density at radius 2 is 0.897 bits per heavy atom. The van der Waals surface area contributed by atoms with Crippen molar-refractivity contribution >= 4 is 22.1 Å². The average molecular weight is 523 g/mol. The monoisotopic (exact) mass is 522 g/mol. The summed E-state index contributed by atoms with van der Waals surface area (Å²) in [7, 11) is 0. The molecule has 0 bridgehead atoms. The summed E-state index contributed by atoms with van der Waals surface area (Å²) in [5, 5.41) is 60.0. The van der Waals surface area contributed by atoms with Crippen LogP contribution in [0.25, 0.3) is 33.4 Å². The van der Waals surface area contributed by atoms with E-state index in [1.165, 1.54) is 9.59 Å². The lowest BCUT2D eigenvalue weighted by molar-refractivity contribution is 0.299. The van der Waals surface area contributed by atoms with Crippen LogP contribution in [0.5, 0.6) is 11.5 Å². The summed E-state index contributed by atoms with van der Waals surface area (Å²) < 4.78 is 0. The minimum Gasteiger partial charge on any atom is -0.505 e. The first kappa shape index (κ1) is 24.5. The third-order valence-electron chi connectivity index (χ3n) is 6.64. The van der Waals surface area contributed by atoms with Gasteiger partial charge in [-0.25, -0.2) is 0 Å². The minimum atomic E-state index is -0.0714. The van der Waals surface area contributed by atoms with E-state index in [2.05, 4.69) is 20.4 Å². The van der Waals surface area contributed by atoms with Crippen LogP contribution in [-0.4, -0.2) is 63.6 Å². The number of phenolic OH excluding ortho intramolecular Hbond substituents is 2. The van der Waals surface area contributed by atoms with Gasteiger partial charge < -0.3 is 20.4 Å². The van der Waals surface area contributed by atoms with Crippen LogP contribution in [0.1, 0.15) is 22.3 Å². The molecule has 2 aromatic heterocycles. The van der Waals surface area contributed by atoms with Crippen molar-refractivity contribution in [3.05, 3.63) is 95.1 Å². The summed E-state index contributed by atoms with van der Waals surface area (Å²) >= 11 is 0. The van der Waals surface area contributed by atoms with Crippen molar-refractivity contribution in [3.63, 3.8) is 0 Å². The van der Waals surface area contributed by atoms with E-state index in [0.717, 1.165) is 11.1 Å². The van der Waals surface area contributed by atoms with Gasteiger partial charge in [-0.05, 0) is 60.4 Å².